The highest BCUT2D eigenvalue weighted by molar-refractivity contribution is 9.10. The largest absolute Gasteiger partial charge is 0.309 e. The molecule has 7 heteroatoms. The number of sulfonamides is 1. The molecule has 0 saturated heterocycles. The van der Waals surface area contributed by atoms with Crippen molar-refractivity contribution in [1.82, 2.24) is 0 Å². The number of carbonyl (C=O) groups excluding carboxylic acids is 1. The molecule has 0 radical (unpaired) electrons. The van der Waals surface area contributed by atoms with Crippen LogP contribution < -0.4 is 9.62 Å². The minimum Gasteiger partial charge on any atom is -0.309 e. The summed E-state index contributed by atoms with van der Waals surface area (Å²) < 4.78 is 29.2. The molecule has 2 aromatic carbocycles. The zero-order valence-corrected chi connectivity index (χ0v) is 17.6. The Morgan fingerprint density at radius 3 is 2.59 bits per heavy atom. The summed E-state index contributed by atoms with van der Waals surface area (Å²) in [6.07, 6.45) is 2.59. The van der Waals surface area contributed by atoms with Gasteiger partial charge in [0.25, 0.3) is 10.0 Å². The van der Waals surface area contributed by atoms with E-state index in [1.807, 2.05) is 24.8 Å². The molecule has 1 heterocycles. The Morgan fingerprint density at radius 1 is 1.19 bits per heavy atom. The molecule has 142 valence electrons. The molecule has 5 nitrogen and oxygen atoms in total. The quantitative estimate of drug-likeness (QED) is 0.759. The van der Waals surface area contributed by atoms with Crippen LogP contribution in [-0.4, -0.2) is 20.4 Å². The number of halogens is 1. The fourth-order valence-electron chi connectivity index (χ4n) is 3.56. The number of anilines is 2. The van der Waals surface area contributed by atoms with E-state index in [4.69, 9.17) is 0 Å². The van der Waals surface area contributed by atoms with E-state index < -0.39 is 10.0 Å². The van der Waals surface area contributed by atoms with E-state index in [2.05, 4.69) is 20.7 Å². The van der Waals surface area contributed by atoms with Crippen molar-refractivity contribution in [2.45, 2.75) is 44.0 Å². The first-order valence-corrected chi connectivity index (χ1v) is 11.3. The Morgan fingerprint density at radius 2 is 1.93 bits per heavy atom. The summed E-state index contributed by atoms with van der Waals surface area (Å²) in [4.78, 5) is 14.6. The molecule has 1 fully saturated rings. The van der Waals surface area contributed by atoms with Gasteiger partial charge in [-0.3, -0.25) is 9.52 Å². The number of aryl methyl sites for hydroxylation is 1. The smallest absolute Gasteiger partial charge is 0.261 e. The van der Waals surface area contributed by atoms with Crippen molar-refractivity contribution in [1.29, 1.82) is 0 Å². The van der Waals surface area contributed by atoms with Gasteiger partial charge in [-0.25, -0.2) is 8.42 Å². The average molecular weight is 449 g/mol. The number of nitrogens with one attached hydrogen (secondary N) is 1. The number of nitrogens with zero attached hydrogens (tertiary/aromatic N) is 1. The molecular weight excluding hydrogens is 428 g/mol. The molecule has 1 saturated carbocycles. The monoisotopic (exact) mass is 448 g/mol. The summed E-state index contributed by atoms with van der Waals surface area (Å²) in [6, 6.07) is 10.4. The highest BCUT2D eigenvalue weighted by Gasteiger charge is 2.39. The molecular formula is C20H21BrN2O3S. The summed E-state index contributed by atoms with van der Waals surface area (Å²) in [6.45, 7) is 3.92. The lowest BCUT2D eigenvalue weighted by Crippen LogP contribution is -2.36. The second-order valence-corrected chi connectivity index (χ2v) is 9.93. The number of carbonyl (C=O) groups is 1. The van der Waals surface area contributed by atoms with E-state index in [0.717, 1.165) is 34.1 Å². The fourth-order valence-corrected chi connectivity index (χ4v) is 4.91. The van der Waals surface area contributed by atoms with Crippen LogP contribution in [0, 0.1) is 12.8 Å². The molecule has 1 amide bonds. The minimum absolute atomic E-state index is 0.0631. The van der Waals surface area contributed by atoms with Gasteiger partial charge >= 0.3 is 0 Å². The lowest BCUT2D eigenvalue weighted by atomic mass is 10.1. The SMILES string of the molecule is Cc1cc(NS(=O)(=O)c2ccc3c(c2)C[C@@H](C)N3C(=O)C2CC2)ccc1Br. The van der Waals surface area contributed by atoms with Crippen molar-refractivity contribution in [2.75, 3.05) is 9.62 Å². The molecule has 2 aliphatic rings. The van der Waals surface area contributed by atoms with Gasteiger partial charge in [0, 0.05) is 27.8 Å². The second kappa shape index (κ2) is 6.63. The first kappa shape index (κ1) is 18.5. The topological polar surface area (TPSA) is 66.5 Å². The van der Waals surface area contributed by atoms with Gasteiger partial charge in [-0.1, -0.05) is 15.9 Å². The number of amides is 1. The molecule has 0 unspecified atom stereocenters. The molecule has 0 aromatic heterocycles. The zero-order valence-electron chi connectivity index (χ0n) is 15.2. The van der Waals surface area contributed by atoms with E-state index in [1.54, 1.807) is 30.3 Å². The number of benzene rings is 2. The van der Waals surface area contributed by atoms with E-state index >= 15 is 0 Å². The molecule has 1 aliphatic carbocycles. The van der Waals surface area contributed by atoms with Crippen LogP contribution in [0.15, 0.2) is 45.8 Å². The van der Waals surface area contributed by atoms with E-state index in [-0.39, 0.29) is 22.8 Å². The third-order valence-electron chi connectivity index (χ3n) is 5.15. The van der Waals surface area contributed by atoms with Crippen molar-refractivity contribution in [2.24, 2.45) is 5.92 Å². The molecule has 4 rings (SSSR count). The van der Waals surface area contributed by atoms with Gasteiger partial charge in [0.05, 0.1) is 4.90 Å². The maximum Gasteiger partial charge on any atom is 0.261 e. The Kier molecular flexibility index (Phi) is 4.55. The van der Waals surface area contributed by atoms with Gasteiger partial charge in [-0.05, 0) is 80.6 Å². The van der Waals surface area contributed by atoms with Gasteiger partial charge in [0.2, 0.25) is 5.91 Å². The maximum atomic E-state index is 12.8. The summed E-state index contributed by atoms with van der Waals surface area (Å²) in [5.41, 5.74) is 3.23. The van der Waals surface area contributed by atoms with Gasteiger partial charge in [0.1, 0.15) is 0 Å². The van der Waals surface area contributed by atoms with Gasteiger partial charge in [-0.15, -0.1) is 0 Å². The lowest BCUT2D eigenvalue weighted by molar-refractivity contribution is -0.120. The maximum absolute atomic E-state index is 12.8. The predicted molar refractivity (Wildman–Crippen MR) is 110 cm³/mol. The van der Waals surface area contributed by atoms with Crippen molar-refractivity contribution >= 4 is 43.2 Å². The summed E-state index contributed by atoms with van der Waals surface area (Å²) in [7, 11) is -3.69. The Balaban J connectivity index is 1.62. The number of hydrogen-bond acceptors (Lipinski definition) is 3. The van der Waals surface area contributed by atoms with Gasteiger partial charge in [-0.2, -0.15) is 0 Å². The summed E-state index contributed by atoms with van der Waals surface area (Å²) >= 11 is 3.42. The molecule has 2 aromatic rings. The van der Waals surface area contributed by atoms with Crippen LogP contribution >= 0.6 is 15.9 Å². The van der Waals surface area contributed by atoms with Gasteiger partial charge < -0.3 is 4.90 Å². The molecule has 1 aliphatic heterocycles. The normalized spacial score (nSPS) is 19.1. The first-order valence-electron chi connectivity index (χ1n) is 9.01. The molecule has 1 N–H and O–H groups in total. The van der Waals surface area contributed by atoms with E-state index in [0.29, 0.717) is 12.1 Å². The fraction of sp³-hybridized carbons (Fsp3) is 0.350. The predicted octanol–water partition coefficient (Wildman–Crippen LogP) is 4.25. The third kappa shape index (κ3) is 3.50. The number of rotatable bonds is 4. The van der Waals surface area contributed by atoms with Crippen LogP contribution in [0.5, 0.6) is 0 Å². The van der Waals surface area contributed by atoms with Crippen molar-refractivity contribution in [3.05, 3.63) is 52.0 Å². The highest BCUT2D eigenvalue weighted by Crippen LogP contribution is 2.39. The van der Waals surface area contributed by atoms with Crippen LogP contribution in [-0.2, 0) is 21.2 Å². The molecule has 0 spiro atoms. The standard InChI is InChI=1S/C20H21BrN2O3S/c1-12-9-16(5-7-18(12)21)22-27(25,26)17-6-8-19-15(11-17)10-13(2)23(19)20(24)14-3-4-14/h5-9,11,13-14,22H,3-4,10H2,1-2H3/t13-/m1/s1. The molecule has 0 bridgehead atoms. The zero-order chi connectivity index (χ0) is 19.3. The molecule has 1 atom stereocenters. The van der Waals surface area contributed by atoms with E-state index in [9.17, 15) is 13.2 Å². The van der Waals surface area contributed by atoms with Crippen LogP contribution in [0.3, 0.4) is 0 Å². The Hall–Kier alpha value is -1.86. The van der Waals surface area contributed by atoms with Gasteiger partial charge in [0.15, 0.2) is 0 Å². The molecule has 27 heavy (non-hydrogen) atoms. The van der Waals surface area contributed by atoms with Crippen LogP contribution in [0.25, 0.3) is 0 Å². The summed E-state index contributed by atoms with van der Waals surface area (Å²) in [5.74, 6) is 0.310. The third-order valence-corrected chi connectivity index (χ3v) is 7.42. The van der Waals surface area contributed by atoms with Crippen molar-refractivity contribution < 1.29 is 13.2 Å². The average Bonchev–Trinajstić information content (AvgIpc) is 3.39. The first-order chi connectivity index (χ1) is 12.8. The minimum atomic E-state index is -3.69. The summed E-state index contributed by atoms with van der Waals surface area (Å²) in [5, 5.41) is 0. The van der Waals surface area contributed by atoms with Crippen LogP contribution in [0.2, 0.25) is 0 Å². The van der Waals surface area contributed by atoms with Crippen molar-refractivity contribution in [3.63, 3.8) is 0 Å². The van der Waals surface area contributed by atoms with Crippen molar-refractivity contribution in [3.8, 4) is 0 Å². The van der Waals surface area contributed by atoms with Crippen LogP contribution in [0.1, 0.15) is 30.9 Å². The van der Waals surface area contributed by atoms with E-state index in [1.165, 1.54) is 0 Å². The highest BCUT2D eigenvalue weighted by atomic mass is 79.9. The lowest BCUT2D eigenvalue weighted by Gasteiger charge is -2.22. The number of hydrogen-bond donors (Lipinski definition) is 1. The number of fused-ring (bicyclic) bond motifs is 1. The Bertz CT molecular complexity index is 1030. The Labute approximate surface area is 167 Å². The second-order valence-electron chi connectivity index (χ2n) is 7.40. The van der Waals surface area contributed by atoms with Crippen LogP contribution in [0.4, 0.5) is 11.4 Å².